The van der Waals surface area contributed by atoms with Gasteiger partial charge in [-0.05, 0) is 61.1 Å². The molecule has 9 heteroatoms. The number of carbonyl (C=O) groups is 2. The Morgan fingerprint density at radius 2 is 1.94 bits per heavy atom. The molecule has 1 unspecified atom stereocenters. The lowest BCUT2D eigenvalue weighted by molar-refractivity contribution is -0.138. The van der Waals surface area contributed by atoms with Gasteiger partial charge in [0, 0.05) is 29.1 Å². The Kier molecular flexibility index (Phi) is 6.14. The van der Waals surface area contributed by atoms with Gasteiger partial charge in [-0.3, -0.25) is 9.59 Å². The van der Waals surface area contributed by atoms with Crippen LogP contribution in [0.25, 0.3) is 10.9 Å². The van der Waals surface area contributed by atoms with E-state index in [4.69, 9.17) is 0 Å². The summed E-state index contributed by atoms with van der Waals surface area (Å²) in [4.78, 5) is 23.8. The summed E-state index contributed by atoms with van der Waals surface area (Å²) in [5, 5.41) is 12.8. The molecule has 0 aliphatic heterocycles. The van der Waals surface area contributed by atoms with Crippen LogP contribution >= 0.6 is 0 Å². The first-order valence-corrected chi connectivity index (χ1v) is 10.6. The number of nitrogens with zero attached hydrogens (tertiary/aromatic N) is 1. The number of amides is 1. The number of carbonyl (C=O) groups excluding carboxylic acids is 1. The van der Waals surface area contributed by atoms with Crippen molar-refractivity contribution in [3.8, 4) is 0 Å². The summed E-state index contributed by atoms with van der Waals surface area (Å²) in [7, 11) is 0. The number of carboxylic acid groups (broad SMARTS) is 1. The maximum absolute atomic E-state index is 13.9. The Labute approximate surface area is 187 Å². The third-order valence-corrected chi connectivity index (χ3v) is 5.98. The molecule has 1 heterocycles. The summed E-state index contributed by atoms with van der Waals surface area (Å²) >= 11 is 0. The van der Waals surface area contributed by atoms with Crippen LogP contribution in [-0.2, 0) is 41.6 Å². The molecule has 33 heavy (non-hydrogen) atoms. The quantitative estimate of drug-likeness (QED) is 0.531. The Hall–Kier alpha value is -3.36. The highest BCUT2D eigenvalue weighted by molar-refractivity contribution is 5.87. The summed E-state index contributed by atoms with van der Waals surface area (Å²) < 4.78 is 54.2. The maximum atomic E-state index is 13.9. The second-order valence-corrected chi connectivity index (χ2v) is 8.27. The molecule has 1 atom stereocenters. The van der Waals surface area contributed by atoms with E-state index in [0.29, 0.717) is 35.7 Å². The molecule has 3 aromatic rings. The summed E-state index contributed by atoms with van der Waals surface area (Å²) in [5.74, 6) is -1.70. The standard InChI is InChI=1S/C24H22F4N2O3/c25-16-5-7-20-18(11-16)19-12-17(6-8-21(19)30(20)13-23(32)33)29-22(31)9-4-14-2-1-3-15(10-14)24(26,27)28/h1-3,5,7,10-11,17H,4,6,8-9,12-13H2,(H,29,31)(H,32,33). The van der Waals surface area contributed by atoms with Crippen molar-refractivity contribution in [2.75, 3.05) is 0 Å². The molecule has 1 aliphatic carbocycles. The van der Waals surface area contributed by atoms with Crippen molar-refractivity contribution in [1.82, 2.24) is 9.88 Å². The minimum absolute atomic E-state index is 0.0417. The molecule has 0 fully saturated rings. The Morgan fingerprint density at radius 1 is 1.15 bits per heavy atom. The van der Waals surface area contributed by atoms with E-state index in [1.165, 1.54) is 18.2 Å². The minimum atomic E-state index is -4.43. The fourth-order valence-electron chi connectivity index (χ4n) is 4.52. The van der Waals surface area contributed by atoms with Crippen molar-refractivity contribution in [2.45, 2.75) is 50.9 Å². The van der Waals surface area contributed by atoms with Crippen molar-refractivity contribution >= 4 is 22.8 Å². The number of hydrogen-bond donors (Lipinski definition) is 2. The van der Waals surface area contributed by atoms with E-state index in [1.807, 2.05) is 0 Å². The molecule has 0 bridgehead atoms. The van der Waals surface area contributed by atoms with Gasteiger partial charge in [0.15, 0.2) is 0 Å². The van der Waals surface area contributed by atoms with E-state index >= 15 is 0 Å². The number of benzene rings is 2. The van der Waals surface area contributed by atoms with E-state index in [9.17, 15) is 32.3 Å². The van der Waals surface area contributed by atoms with E-state index in [0.717, 1.165) is 23.4 Å². The lowest BCUT2D eigenvalue weighted by atomic mass is 9.91. The molecule has 1 amide bonds. The van der Waals surface area contributed by atoms with Crippen molar-refractivity contribution in [2.24, 2.45) is 0 Å². The lowest BCUT2D eigenvalue weighted by Gasteiger charge is -2.25. The number of aromatic nitrogens is 1. The first-order chi connectivity index (χ1) is 15.6. The normalized spacial score (nSPS) is 15.9. The van der Waals surface area contributed by atoms with Crippen LogP contribution in [0.3, 0.4) is 0 Å². The van der Waals surface area contributed by atoms with Crippen LogP contribution in [0.5, 0.6) is 0 Å². The van der Waals surface area contributed by atoms with Crippen LogP contribution < -0.4 is 5.32 Å². The monoisotopic (exact) mass is 462 g/mol. The average molecular weight is 462 g/mol. The largest absolute Gasteiger partial charge is 0.480 e. The van der Waals surface area contributed by atoms with Crippen molar-refractivity contribution in [3.63, 3.8) is 0 Å². The third-order valence-electron chi connectivity index (χ3n) is 5.98. The Bertz CT molecular complexity index is 1220. The van der Waals surface area contributed by atoms with Gasteiger partial charge in [0.1, 0.15) is 12.4 Å². The van der Waals surface area contributed by atoms with E-state index in [1.54, 1.807) is 16.7 Å². The molecule has 4 rings (SSSR count). The highest BCUT2D eigenvalue weighted by Gasteiger charge is 2.30. The first-order valence-electron chi connectivity index (χ1n) is 10.6. The molecule has 1 aliphatic rings. The van der Waals surface area contributed by atoms with E-state index < -0.39 is 23.5 Å². The molecule has 2 N–H and O–H groups in total. The Morgan fingerprint density at radius 3 is 2.67 bits per heavy atom. The highest BCUT2D eigenvalue weighted by atomic mass is 19.4. The summed E-state index contributed by atoms with van der Waals surface area (Å²) in [6.45, 7) is -0.231. The molecule has 5 nitrogen and oxygen atoms in total. The number of rotatable bonds is 6. The van der Waals surface area contributed by atoms with Gasteiger partial charge in [-0.2, -0.15) is 13.2 Å². The van der Waals surface area contributed by atoms with E-state index in [-0.39, 0.29) is 31.3 Å². The van der Waals surface area contributed by atoms with Crippen molar-refractivity contribution < 1.29 is 32.3 Å². The second-order valence-electron chi connectivity index (χ2n) is 8.27. The highest BCUT2D eigenvalue weighted by Crippen LogP contribution is 2.33. The molecule has 0 saturated carbocycles. The zero-order chi connectivity index (χ0) is 23.8. The van der Waals surface area contributed by atoms with Gasteiger partial charge >= 0.3 is 12.1 Å². The van der Waals surface area contributed by atoms with Gasteiger partial charge < -0.3 is 15.0 Å². The molecular formula is C24H22F4N2O3. The summed E-state index contributed by atoms with van der Waals surface area (Å²) in [6, 6.07) is 8.93. The fraction of sp³-hybridized carbons (Fsp3) is 0.333. The van der Waals surface area contributed by atoms with Gasteiger partial charge in [0.25, 0.3) is 0 Å². The number of hydrogen-bond acceptors (Lipinski definition) is 2. The van der Waals surface area contributed by atoms with Crippen LogP contribution in [0, 0.1) is 5.82 Å². The molecule has 0 radical (unpaired) electrons. The second kappa shape index (κ2) is 8.88. The molecule has 174 valence electrons. The Balaban J connectivity index is 1.45. The topological polar surface area (TPSA) is 71.3 Å². The fourth-order valence-corrected chi connectivity index (χ4v) is 4.52. The lowest BCUT2D eigenvalue weighted by Crippen LogP contribution is -2.39. The number of aliphatic carboxylic acids is 1. The number of carboxylic acids is 1. The number of fused-ring (bicyclic) bond motifs is 3. The zero-order valence-electron chi connectivity index (χ0n) is 17.6. The van der Waals surface area contributed by atoms with Crippen LogP contribution in [0.15, 0.2) is 42.5 Å². The van der Waals surface area contributed by atoms with Gasteiger partial charge in [0.05, 0.1) is 5.56 Å². The number of halogens is 4. The number of aryl methyl sites for hydroxylation is 1. The molecule has 2 aromatic carbocycles. The predicted molar refractivity (Wildman–Crippen MR) is 113 cm³/mol. The summed E-state index contributed by atoms with van der Waals surface area (Å²) in [6.07, 6.45) is -2.68. The predicted octanol–water partition coefficient (Wildman–Crippen LogP) is 4.49. The SMILES string of the molecule is O=C(O)Cn1c2c(c3cc(F)ccc31)CC(NC(=O)CCc1cccc(C(F)(F)F)c1)CC2. The van der Waals surface area contributed by atoms with Crippen molar-refractivity contribution in [1.29, 1.82) is 0 Å². The average Bonchev–Trinajstić information content (AvgIpc) is 3.04. The van der Waals surface area contributed by atoms with Gasteiger partial charge in [0.2, 0.25) is 5.91 Å². The van der Waals surface area contributed by atoms with Crippen LogP contribution in [0.2, 0.25) is 0 Å². The third kappa shape index (κ3) is 5.02. The van der Waals surface area contributed by atoms with Crippen molar-refractivity contribution in [3.05, 3.63) is 70.7 Å². The van der Waals surface area contributed by atoms with Crippen LogP contribution in [0.4, 0.5) is 17.6 Å². The maximum Gasteiger partial charge on any atom is 0.416 e. The molecule has 1 aromatic heterocycles. The van der Waals surface area contributed by atoms with Crippen LogP contribution in [0.1, 0.15) is 35.2 Å². The van der Waals surface area contributed by atoms with Gasteiger partial charge in [-0.25, -0.2) is 4.39 Å². The molecule has 0 spiro atoms. The first kappa shape index (κ1) is 22.8. The zero-order valence-corrected chi connectivity index (χ0v) is 17.6. The minimum Gasteiger partial charge on any atom is -0.480 e. The molecule has 0 saturated heterocycles. The smallest absolute Gasteiger partial charge is 0.416 e. The number of alkyl halides is 3. The van der Waals surface area contributed by atoms with Gasteiger partial charge in [-0.1, -0.05) is 18.2 Å². The van der Waals surface area contributed by atoms with Crippen LogP contribution in [-0.4, -0.2) is 27.6 Å². The number of nitrogens with one attached hydrogen (secondary N) is 1. The van der Waals surface area contributed by atoms with Gasteiger partial charge in [-0.15, -0.1) is 0 Å². The van der Waals surface area contributed by atoms with E-state index in [2.05, 4.69) is 5.32 Å². The summed E-state index contributed by atoms with van der Waals surface area (Å²) in [5.41, 5.74) is 1.97. The molecular weight excluding hydrogens is 440 g/mol.